The van der Waals surface area contributed by atoms with Crippen molar-refractivity contribution in [3.8, 4) is 33.5 Å². The molecule has 4 aromatic rings. The average Bonchev–Trinajstić information content (AvgIpc) is 2.69. The zero-order chi connectivity index (χ0) is 17.1. The maximum absolute atomic E-state index is 4.48. The molecule has 0 N–H and O–H groups in total. The van der Waals surface area contributed by atoms with Crippen molar-refractivity contribution in [2.45, 2.75) is 6.92 Å². The minimum atomic E-state index is 1.01. The zero-order valence-electron chi connectivity index (χ0n) is 14.2. The molecule has 0 spiro atoms. The molecule has 0 aliphatic rings. The lowest BCUT2D eigenvalue weighted by atomic mass is 9.96. The van der Waals surface area contributed by atoms with E-state index in [1.165, 1.54) is 27.8 Å². The molecule has 0 bridgehead atoms. The van der Waals surface area contributed by atoms with Gasteiger partial charge in [-0.1, -0.05) is 66.7 Å². The van der Waals surface area contributed by atoms with Gasteiger partial charge in [-0.25, -0.2) is 0 Å². The van der Waals surface area contributed by atoms with Crippen LogP contribution in [0.5, 0.6) is 0 Å². The molecule has 1 heterocycles. The number of pyridine rings is 1. The van der Waals surface area contributed by atoms with E-state index in [-0.39, 0.29) is 0 Å². The number of nitrogens with zero attached hydrogens (tertiary/aromatic N) is 1. The number of hydrogen-bond acceptors (Lipinski definition) is 1. The van der Waals surface area contributed by atoms with Gasteiger partial charge < -0.3 is 0 Å². The minimum absolute atomic E-state index is 1.01. The van der Waals surface area contributed by atoms with Crippen LogP contribution in [0.25, 0.3) is 33.5 Å². The minimum Gasteiger partial charge on any atom is -0.256 e. The third-order valence-corrected chi connectivity index (χ3v) is 4.36. The molecule has 4 rings (SSSR count). The van der Waals surface area contributed by atoms with Crippen LogP contribution in [-0.4, -0.2) is 4.98 Å². The fourth-order valence-electron chi connectivity index (χ4n) is 3.12. The highest BCUT2D eigenvalue weighted by molar-refractivity contribution is 5.75. The van der Waals surface area contributed by atoms with Crippen LogP contribution in [-0.2, 0) is 0 Å². The van der Waals surface area contributed by atoms with Crippen molar-refractivity contribution in [3.63, 3.8) is 0 Å². The first-order valence-corrected chi connectivity index (χ1v) is 8.48. The summed E-state index contributed by atoms with van der Waals surface area (Å²) in [6.07, 6.45) is 1.84. The first-order chi connectivity index (χ1) is 12.3. The maximum atomic E-state index is 4.48. The number of aromatic nitrogens is 1. The van der Waals surface area contributed by atoms with E-state index < -0.39 is 0 Å². The fraction of sp³-hybridized carbons (Fsp3) is 0.0417. The van der Waals surface area contributed by atoms with Crippen molar-refractivity contribution in [1.29, 1.82) is 0 Å². The summed E-state index contributed by atoms with van der Waals surface area (Å²) in [6.45, 7) is 2.13. The molecule has 0 fully saturated rings. The Hall–Kier alpha value is -3.19. The highest BCUT2D eigenvalue weighted by Crippen LogP contribution is 2.29. The molecule has 0 aliphatic heterocycles. The SMILES string of the molecule is Cc1cc(-c2ccc(-c3ccccc3)cc2)cc(-c2ccccn2)c1. The third-order valence-electron chi connectivity index (χ3n) is 4.36. The lowest BCUT2D eigenvalue weighted by molar-refractivity contribution is 1.32. The summed E-state index contributed by atoms with van der Waals surface area (Å²) >= 11 is 0. The van der Waals surface area contributed by atoms with Crippen molar-refractivity contribution < 1.29 is 0 Å². The van der Waals surface area contributed by atoms with Gasteiger partial charge in [0.05, 0.1) is 5.69 Å². The van der Waals surface area contributed by atoms with Crippen LogP contribution in [0.1, 0.15) is 5.56 Å². The van der Waals surface area contributed by atoms with Crippen LogP contribution in [0, 0.1) is 6.92 Å². The average molecular weight is 321 g/mol. The zero-order valence-corrected chi connectivity index (χ0v) is 14.2. The van der Waals surface area contributed by atoms with E-state index >= 15 is 0 Å². The van der Waals surface area contributed by atoms with Crippen LogP contribution >= 0.6 is 0 Å². The van der Waals surface area contributed by atoms with Gasteiger partial charge in [-0.2, -0.15) is 0 Å². The summed E-state index contributed by atoms with van der Waals surface area (Å²) in [6, 6.07) is 31.9. The molecule has 25 heavy (non-hydrogen) atoms. The predicted octanol–water partition coefficient (Wildman–Crippen LogP) is 6.39. The number of rotatable bonds is 3. The molecule has 0 unspecified atom stereocenters. The summed E-state index contributed by atoms with van der Waals surface area (Å²) in [4.78, 5) is 4.48. The molecule has 3 aromatic carbocycles. The Morgan fingerprint density at radius 1 is 0.520 bits per heavy atom. The quantitative estimate of drug-likeness (QED) is 0.426. The molecule has 0 aliphatic carbocycles. The van der Waals surface area contributed by atoms with E-state index in [0.29, 0.717) is 0 Å². The molecule has 0 atom stereocenters. The molecular weight excluding hydrogens is 302 g/mol. The van der Waals surface area contributed by atoms with Gasteiger partial charge in [0.2, 0.25) is 0 Å². The van der Waals surface area contributed by atoms with Gasteiger partial charge in [-0.3, -0.25) is 4.98 Å². The summed E-state index contributed by atoms with van der Waals surface area (Å²) < 4.78 is 0. The number of aryl methyl sites for hydroxylation is 1. The number of benzene rings is 3. The van der Waals surface area contributed by atoms with Crippen LogP contribution in [0.2, 0.25) is 0 Å². The highest BCUT2D eigenvalue weighted by Gasteiger charge is 2.05. The monoisotopic (exact) mass is 321 g/mol. The van der Waals surface area contributed by atoms with Crippen molar-refractivity contribution in [1.82, 2.24) is 4.98 Å². The summed E-state index contributed by atoms with van der Waals surface area (Å²) in [7, 11) is 0. The Bertz CT molecular complexity index is 971. The molecule has 1 aromatic heterocycles. The molecule has 1 nitrogen and oxygen atoms in total. The van der Waals surface area contributed by atoms with Gasteiger partial charge >= 0.3 is 0 Å². The fourth-order valence-corrected chi connectivity index (χ4v) is 3.12. The lowest BCUT2D eigenvalue weighted by Crippen LogP contribution is -1.87. The molecular formula is C24H19N. The number of hydrogen-bond donors (Lipinski definition) is 0. The van der Waals surface area contributed by atoms with Crippen molar-refractivity contribution >= 4 is 0 Å². The van der Waals surface area contributed by atoms with E-state index in [1.807, 2.05) is 24.4 Å². The lowest BCUT2D eigenvalue weighted by Gasteiger charge is -2.09. The summed E-state index contributed by atoms with van der Waals surface area (Å²) in [5, 5.41) is 0. The first-order valence-electron chi connectivity index (χ1n) is 8.48. The standard InChI is InChI=1S/C24H19N/c1-18-15-22(17-23(16-18)24-9-5-6-14-25-24)21-12-10-20(11-13-21)19-7-3-2-4-8-19/h2-17H,1H3. The van der Waals surface area contributed by atoms with Crippen LogP contribution in [0.15, 0.2) is 97.2 Å². The smallest absolute Gasteiger partial charge is 0.0702 e. The molecule has 0 saturated heterocycles. The normalized spacial score (nSPS) is 10.6. The van der Waals surface area contributed by atoms with Crippen molar-refractivity contribution in [3.05, 3.63) is 103 Å². The van der Waals surface area contributed by atoms with Gasteiger partial charge in [-0.05, 0) is 59.0 Å². The second kappa shape index (κ2) is 6.74. The van der Waals surface area contributed by atoms with E-state index in [0.717, 1.165) is 11.3 Å². The van der Waals surface area contributed by atoms with E-state index in [9.17, 15) is 0 Å². The van der Waals surface area contributed by atoms with Gasteiger partial charge in [0.15, 0.2) is 0 Å². The van der Waals surface area contributed by atoms with E-state index in [2.05, 4.69) is 84.7 Å². The van der Waals surface area contributed by atoms with Gasteiger partial charge in [0.25, 0.3) is 0 Å². The Balaban J connectivity index is 1.71. The largest absolute Gasteiger partial charge is 0.256 e. The molecule has 0 amide bonds. The maximum Gasteiger partial charge on any atom is 0.0702 e. The summed E-state index contributed by atoms with van der Waals surface area (Å²) in [5.74, 6) is 0. The highest BCUT2D eigenvalue weighted by atomic mass is 14.7. The van der Waals surface area contributed by atoms with Crippen LogP contribution in [0.4, 0.5) is 0 Å². The van der Waals surface area contributed by atoms with Crippen molar-refractivity contribution in [2.75, 3.05) is 0 Å². The Kier molecular flexibility index (Phi) is 4.14. The molecule has 120 valence electrons. The molecule has 0 saturated carbocycles. The first kappa shape index (κ1) is 15.3. The Morgan fingerprint density at radius 3 is 1.80 bits per heavy atom. The van der Waals surface area contributed by atoms with Gasteiger partial charge in [0.1, 0.15) is 0 Å². The van der Waals surface area contributed by atoms with Gasteiger partial charge in [-0.15, -0.1) is 0 Å². The molecule has 0 radical (unpaired) electrons. The Morgan fingerprint density at radius 2 is 1.12 bits per heavy atom. The second-order valence-corrected chi connectivity index (χ2v) is 6.25. The van der Waals surface area contributed by atoms with Crippen LogP contribution in [0.3, 0.4) is 0 Å². The van der Waals surface area contributed by atoms with Crippen LogP contribution < -0.4 is 0 Å². The molecule has 1 heteroatoms. The van der Waals surface area contributed by atoms with E-state index in [4.69, 9.17) is 0 Å². The van der Waals surface area contributed by atoms with E-state index in [1.54, 1.807) is 0 Å². The predicted molar refractivity (Wildman–Crippen MR) is 105 cm³/mol. The topological polar surface area (TPSA) is 12.9 Å². The third kappa shape index (κ3) is 3.36. The van der Waals surface area contributed by atoms with Crippen molar-refractivity contribution in [2.24, 2.45) is 0 Å². The Labute approximate surface area is 148 Å². The second-order valence-electron chi connectivity index (χ2n) is 6.25. The summed E-state index contributed by atoms with van der Waals surface area (Å²) in [5.41, 5.74) is 8.33. The van der Waals surface area contributed by atoms with Gasteiger partial charge in [0, 0.05) is 11.8 Å².